The van der Waals surface area contributed by atoms with Crippen LogP contribution in [-0.2, 0) is 14.3 Å². The summed E-state index contributed by atoms with van der Waals surface area (Å²) in [6, 6.07) is 0. The second-order valence-corrected chi connectivity index (χ2v) is 7.41. The van der Waals surface area contributed by atoms with Gasteiger partial charge in [-0.1, -0.05) is 0 Å². The molecule has 2 aliphatic heterocycles. The Balaban J connectivity index is 1.92. The van der Waals surface area contributed by atoms with Gasteiger partial charge in [0.1, 0.15) is 5.60 Å². The molecule has 2 saturated heterocycles. The molecule has 0 bridgehead atoms. The van der Waals surface area contributed by atoms with Gasteiger partial charge in [0.05, 0.1) is 11.5 Å². The number of rotatable bonds is 4. The molecule has 0 aliphatic carbocycles. The van der Waals surface area contributed by atoms with Crippen LogP contribution < -0.4 is 0 Å². The summed E-state index contributed by atoms with van der Waals surface area (Å²) in [6.07, 6.45) is 2.27. The summed E-state index contributed by atoms with van der Waals surface area (Å²) < 4.78 is 11.4. The lowest BCUT2D eigenvalue weighted by Gasteiger charge is -2.31. The van der Waals surface area contributed by atoms with Crippen molar-refractivity contribution < 1.29 is 14.3 Å². The van der Waals surface area contributed by atoms with Crippen LogP contribution in [0.1, 0.15) is 40.5 Å². The van der Waals surface area contributed by atoms with E-state index >= 15 is 0 Å². The van der Waals surface area contributed by atoms with Crippen molar-refractivity contribution in [1.82, 2.24) is 4.90 Å². The third-order valence-electron chi connectivity index (χ3n) is 4.67. The molecule has 1 atom stereocenters. The highest BCUT2D eigenvalue weighted by Gasteiger charge is 2.53. The minimum Gasteiger partial charge on any atom is -0.381 e. The molecule has 1 unspecified atom stereocenters. The number of nitrogens with zero attached hydrogens (tertiary/aromatic N) is 1. The second-order valence-electron chi connectivity index (χ2n) is 7.41. The van der Waals surface area contributed by atoms with E-state index in [1.807, 2.05) is 27.7 Å². The molecule has 4 heteroatoms. The maximum atomic E-state index is 12.5. The number of hydrogen-bond donors (Lipinski definition) is 0. The van der Waals surface area contributed by atoms with E-state index in [2.05, 4.69) is 11.9 Å². The van der Waals surface area contributed by atoms with Crippen molar-refractivity contribution in [3.05, 3.63) is 0 Å². The Labute approximate surface area is 122 Å². The fourth-order valence-electron chi connectivity index (χ4n) is 3.57. The van der Waals surface area contributed by atoms with Gasteiger partial charge in [-0.3, -0.25) is 4.79 Å². The van der Waals surface area contributed by atoms with Gasteiger partial charge < -0.3 is 14.4 Å². The smallest absolute Gasteiger partial charge is 0.171 e. The molecule has 0 spiro atoms. The van der Waals surface area contributed by atoms with Crippen LogP contribution >= 0.6 is 0 Å². The Morgan fingerprint density at radius 2 is 1.75 bits per heavy atom. The molecular formula is C16H29NO3. The van der Waals surface area contributed by atoms with Gasteiger partial charge in [0, 0.05) is 26.3 Å². The Morgan fingerprint density at radius 1 is 1.15 bits per heavy atom. The van der Waals surface area contributed by atoms with E-state index in [1.54, 1.807) is 0 Å². The van der Waals surface area contributed by atoms with Crippen molar-refractivity contribution in [1.29, 1.82) is 0 Å². The summed E-state index contributed by atoms with van der Waals surface area (Å²) in [7, 11) is 2.12. The average molecular weight is 283 g/mol. The van der Waals surface area contributed by atoms with Gasteiger partial charge in [0.2, 0.25) is 0 Å². The number of Topliss-reactive ketones (excluding diaryl/α,β-unsaturated/α-hetero) is 1. The largest absolute Gasteiger partial charge is 0.381 e. The predicted octanol–water partition coefficient (Wildman–Crippen LogP) is 2.12. The molecule has 20 heavy (non-hydrogen) atoms. The maximum Gasteiger partial charge on any atom is 0.171 e. The normalized spacial score (nSPS) is 30.1. The monoisotopic (exact) mass is 283 g/mol. The molecule has 0 saturated carbocycles. The minimum atomic E-state index is -0.645. The van der Waals surface area contributed by atoms with Crippen molar-refractivity contribution in [2.75, 3.05) is 33.4 Å². The van der Waals surface area contributed by atoms with Crippen molar-refractivity contribution >= 4 is 5.78 Å². The molecule has 0 radical (unpaired) electrons. The van der Waals surface area contributed by atoms with Crippen LogP contribution in [0.2, 0.25) is 0 Å². The number of hydrogen-bond acceptors (Lipinski definition) is 4. The predicted molar refractivity (Wildman–Crippen MR) is 78.8 cm³/mol. The fourth-order valence-corrected chi connectivity index (χ4v) is 3.57. The maximum absolute atomic E-state index is 12.5. The van der Waals surface area contributed by atoms with E-state index in [-0.39, 0.29) is 17.3 Å². The Morgan fingerprint density at radius 3 is 2.25 bits per heavy atom. The second kappa shape index (κ2) is 5.74. The van der Waals surface area contributed by atoms with Crippen LogP contribution in [0.5, 0.6) is 0 Å². The highest BCUT2D eigenvalue weighted by molar-refractivity contribution is 5.91. The SMILES string of the molecule is CN(CC1CCOCC1)CC1C(=O)C(C)(C)OC1(C)C. The van der Waals surface area contributed by atoms with Gasteiger partial charge in [-0.05, 0) is 53.5 Å². The third-order valence-corrected chi connectivity index (χ3v) is 4.67. The van der Waals surface area contributed by atoms with Crippen LogP contribution in [0.3, 0.4) is 0 Å². The van der Waals surface area contributed by atoms with Crippen LogP contribution in [0, 0.1) is 11.8 Å². The summed E-state index contributed by atoms with van der Waals surface area (Å²) in [6.45, 7) is 11.4. The number of carbonyl (C=O) groups excluding carboxylic acids is 1. The van der Waals surface area contributed by atoms with Crippen molar-refractivity contribution in [3.63, 3.8) is 0 Å². The quantitative estimate of drug-likeness (QED) is 0.792. The highest BCUT2D eigenvalue weighted by Crippen LogP contribution is 2.39. The first-order valence-corrected chi connectivity index (χ1v) is 7.73. The summed E-state index contributed by atoms with van der Waals surface area (Å²) in [5.41, 5.74) is -1.02. The van der Waals surface area contributed by atoms with Gasteiger partial charge in [-0.15, -0.1) is 0 Å². The number of carbonyl (C=O) groups is 1. The van der Waals surface area contributed by atoms with Gasteiger partial charge in [0.25, 0.3) is 0 Å². The molecule has 116 valence electrons. The lowest BCUT2D eigenvalue weighted by atomic mass is 9.85. The molecule has 0 aromatic heterocycles. The van der Waals surface area contributed by atoms with Crippen LogP contribution in [-0.4, -0.2) is 55.2 Å². The number of ether oxygens (including phenoxy) is 2. The van der Waals surface area contributed by atoms with Crippen molar-refractivity contribution in [2.24, 2.45) is 11.8 Å². The van der Waals surface area contributed by atoms with E-state index in [0.29, 0.717) is 5.92 Å². The molecular weight excluding hydrogens is 254 g/mol. The third kappa shape index (κ3) is 3.41. The van der Waals surface area contributed by atoms with Gasteiger partial charge >= 0.3 is 0 Å². The average Bonchev–Trinajstić information content (AvgIpc) is 2.49. The molecule has 2 heterocycles. The summed E-state index contributed by atoms with van der Waals surface area (Å²) >= 11 is 0. The zero-order chi connectivity index (χ0) is 15.0. The Hall–Kier alpha value is -0.450. The summed E-state index contributed by atoms with van der Waals surface area (Å²) in [5, 5.41) is 0. The Kier molecular flexibility index (Phi) is 4.57. The molecule has 2 aliphatic rings. The molecule has 0 amide bonds. The molecule has 2 fully saturated rings. The first kappa shape index (κ1) is 15.9. The number of ketones is 1. The summed E-state index contributed by atoms with van der Waals surface area (Å²) in [4.78, 5) is 14.8. The zero-order valence-electron chi connectivity index (χ0n) is 13.6. The molecule has 0 aromatic rings. The standard InChI is InChI=1S/C16H29NO3/c1-15(2)13(14(18)16(3,4)20-15)11-17(5)10-12-6-8-19-9-7-12/h12-13H,6-11H2,1-5H3. The van der Waals surface area contributed by atoms with E-state index in [0.717, 1.165) is 39.1 Å². The first-order chi connectivity index (χ1) is 9.22. The fraction of sp³-hybridized carbons (Fsp3) is 0.938. The van der Waals surface area contributed by atoms with Gasteiger partial charge in [0.15, 0.2) is 5.78 Å². The highest BCUT2D eigenvalue weighted by atomic mass is 16.5. The lowest BCUT2D eigenvalue weighted by Crippen LogP contribution is -2.41. The summed E-state index contributed by atoms with van der Waals surface area (Å²) in [5.74, 6) is 0.894. The molecule has 2 rings (SSSR count). The topological polar surface area (TPSA) is 38.8 Å². The van der Waals surface area contributed by atoms with Crippen LogP contribution in [0.4, 0.5) is 0 Å². The molecule has 4 nitrogen and oxygen atoms in total. The van der Waals surface area contributed by atoms with Gasteiger partial charge in [-0.25, -0.2) is 0 Å². The lowest BCUT2D eigenvalue weighted by molar-refractivity contribution is -0.132. The van der Waals surface area contributed by atoms with E-state index in [1.165, 1.54) is 0 Å². The van der Waals surface area contributed by atoms with Crippen molar-refractivity contribution in [2.45, 2.75) is 51.7 Å². The van der Waals surface area contributed by atoms with Gasteiger partial charge in [-0.2, -0.15) is 0 Å². The molecule has 0 N–H and O–H groups in total. The first-order valence-electron chi connectivity index (χ1n) is 7.73. The van der Waals surface area contributed by atoms with Crippen LogP contribution in [0.25, 0.3) is 0 Å². The zero-order valence-corrected chi connectivity index (χ0v) is 13.6. The van der Waals surface area contributed by atoms with E-state index in [9.17, 15) is 4.79 Å². The van der Waals surface area contributed by atoms with E-state index in [4.69, 9.17) is 9.47 Å². The van der Waals surface area contributed by atoms with Crippen molar-refractivity contribution in [3.8, 4) is 0 Å². The Bertz CT molecular complexity index is 359. The minimum absolute atomic E-state index is 0.0395. The van der Waals surface area contributed by atoms with Crippen LogP contribution in [0.15, 0.2) is 0 Å². The molecule has 0 aromatic carbocycles. The van der Waals surface area contributed by atoms with E-state index < -0.39 is 5.60 Å².